The van der Waals surface area contributed by atoms with Gasteiger partial charge in [0.25, 0.3) is 15.0 Å². The third-order valence-electron chi connectivity index (χ3n) is 2.35. The molecule has 112 valence electrons. The minimum atomic E-state index is -3.91. The van der Waals surface area contributed by atoms with Gasteiger partial charge in [-0.25, -0.2) is 8.42 Å². The van der Waals surface area contributed by atoms with Crippen LogP contribution < -0.4 is 5.32 Å². The van der Waals surface area contributed by atoms with Gasteiger partial charge in [-0.1, -0.05) is 22.9 Å². The van der Waals surface area contributed by atoms with Crippen LogP contribution in [-0.4, -0.2) is 36.6 Å². The normalized spacial score (nSPS) is 12.9. The lowest BCUT2D eigenvalue weighted by molar-refractivity contribution is 0.0956. The Bertz CT molecular complexity index is 633. The van der Waals surface area contributed by atoms with Gasteiger partial charge in [-0.3, -0.25) is 9.00 Å². The number of hydrogen-bond donors (Lipinski definition) is 1. The Kier molecular flexibility index (Phi) is 6.63. The molecule has 1 rings (SSSR count). The Morgan fingerprint density at radius 3 is 2.60 bits per heavy atom. The SMILES string of the molecule is CCS(=O)CCNC(=O)c1cc(Br)cc(S(=O)(=O)Cl)c1. The molecular weight excluding hydrogens is 390 g/mol. The molecule has 1 unspecified atom stereocenters. The lowest BCUT2D eigenvalue weighted by Gasteiger charge is -2.06. The second-order valence-corrected chi connectivity index (χ2v) is 9.15. The van der Waals surface area contributed by atoms with Crippen LogP contribution in [0.25, 0.3) is 0 Å². The summed E-state index contributed by atoms with van der Waals surface area (Å²) in [5.74, 6) is 0.444. The molecule has 0 spiro atoms. The molecule has 0 radical (unpaired) electrons. The first-order chi connectivity index (χ1) is 9.24. The van der Waals surface area contributed by atoms with Crippen molar-refractivity contribution in [1.82, 2.24) is 5.32 Å². The average Bonchev–Trinajstić information content (AvgIpc) is 2.36. The quantitative estimate of drug-likeness (QED) is 0.737. The molecule has 5 nitrogen and oxygen atoms in total. The Morgan fingerprint density at radius 1 is 1.40 bits per heavy atom. The van der Waals surface area contributed by atoms with Crippen LogP contribution in [0.5, 0.6) is 0 Å². The van der Waals surface area contributed by atoms with Crippen LogP contribution in [0.15, 0.2) is 27.6 Å². The first-order valence-corrected chi connectivity index (χ1v) is 10.2. The molecule has 0 aliphatic rings. The van der Waals surface area contributed by atoms with E-state index in [1.165, 1.54) is 18.2 Å². The number of amides is 1. The number of carbonyl (C=O) groups is 1. The van der Waals surface area contributed by atoms with Crippen molar-refractivity contribution in [3.63, 3.8) is 0 Å². The van der Waals surface area contributed by atoms with Gasteiger partial charge < -0.3 is 5.32 Å². The number of halogens is 2. The zero-order valence-electron chi connectivity index (χ0n) is 10.6. The number of benzene rings is 1. The summed E-state index contributed by atoms with van der Waals surface area (Å²) in [4.78, 5) is 11.7. The molecule has 1 aromatic rings. The summed E-state index contributed by atoms with van der Waals surface area (Å²) in [5.41, 5.74) is 0.167. The van der Waals surface area contributed by atoms with Crippen molar-refractivity contribution in [3.05, 3.63) is 28.2 Å². The van der Waals surface area contributed by atoms with Crippen LogP contribution in [-0.2, 0) is 19.9 Å². The van der Waals surface area contributed by atoms with Gasteiger partial charge in [-0.05, 0) is 18.2 Å². The van der Waals surface area contributed by atoms with Crippen LogP contribution in [0.1, 0.15) is 17.3 Å². The van der Waals surface area contributed by atoms with Gasteiger partial charge in [0, 0.05) is 49.6 Å². The van der Waals surface area contributed by atoms with Gasteiger partial charge in [0.05, 0.1) is 4.90 Å². The van der Waals surface area contributed by atoms with Gasteiger partial charge in [0.1, 0.15) is 0 Å². The van der Waals surface area contributed by atoms with Gasteiger partial charge >= 0.3 is 0 Å². The number of carbonyl (C=O) groups excluding carboxylic acids is 1. The standard InChI is InChI=1S/C11H13BrClNO4S2/c1-2-19(16)4-3-14-11(15)8-5-9(12)7-10(6-8)20(13,17)18/h5-7H,2-4H2,1H3,(H,14,15). The topological polar surface area (TPSA) is 80.3 Å². The highest BCUT2D eigenvalue weighted by molar-refractivity contribution is 9.10. The van der Waals surface area contributed by atoms with E-state index >= 15 is 0 Å². The van der Waals surface area contributed by atoms with Gasteiger partial charge in [0.15, 0.2) is 0 Å². The fourth-order valence-corrected chi connectivity index (χ4v) is 3.43. The Hall–Kier alpha value is -0.440. The van der Waals surface area contributed by atoms with E-state index in [1.807, 2.05) is 0 Å². The molecule has 0 heterocycles. The monoisotopic (exact) mass is 401 g/mol. The lowest BCUT2D eigenvalue weighted by Crippen LogP contribution is -2.28. The fraction of sp³-hybridized carbons (Fsp3) is 0.364. The molecule has 1 amide bonds. The van der Waals surface area contributed by atoms with Crippen LogP contribution in [0.4, 0.5) is 0 Å². The molecule has 0 aliphatic heterocycles. The maximum Gasteiger partial charge on any atom is 0.261 e. The smallest absolute Gasteiger partial charge is 0.261 e. The van der Waals surface area contributed by atoms with E-state index < -0.39 is 25.8 Å². The lowest BCUT2D eigenvalue weighted by atomic mass is 10.2. The molecule has 0 saturated heterocycles. The first-order valence-electron chi connectivity index (χ1n) is 5.62. The Balaban J connectivity index is 2.83. The highest BCUT2D eigenvalue weighted by atomic mass is 79.9. The molecule has 0 bridgehead atoms. The van der Waals surface area contributed by atoms with Gasteiger partial charge in [-0.15, -0.1) is 0 Å². The van der Waals surface area contributed by atoms with Crippen LogP contribution in [0.3, 0.4) is 0 Å². The number of rotatable bonds is 6. The zero-order chi connectivity index (χ0) is 15.3. The molecule has 1 aromatic carbocycles. The molecule has 0 saturated carbocycles. The fourth-order valence-electron chi connectivity index (χ4n) is 1.36. The van der Waals surface area contributed by atoms with Gasteiger partial charge in [-0.2, -0.15) is 0 Å². The van der Waals surface area contributed by atoms with E-state index in [4.69, 9.17) is 10.7 Å². The van der Waals surface area contributed by atoms with Crippen LogP contribution >= 0.6 is 26.6 Å². The number of nitrogens with one attached hydrogen (secondary N) is 1. The molecular formula is C11H13BrClNO4S2. The zero-order valence-corrected chi connectivity index (χ0v) is 14.5. The maximum atomic E-state index is 11.9. The minimum absolute atomic E-state index is 0.157. The third-order valence-corrected chi connectivity index (χ3v) is 5.45. The van der Waals surface area contributed by atoms with Crippen LogP contribution in [0.2, 0.25) is 0 Å². The van der Waals surface area contributed by atoms with Crippen molar-refractivity contribution >= 4 is 52.4 Å². The summed E-state index contributed by atoms with van der Waals surface area (Å²) in [6, 6.07) is 3.99. The molecule has 0 aliphatic carbocycles. The predicted octanol–water partition coefficient (Wildman–Crippen LogP) is 1.87. The molecule has 9 heteroatoms. The van der Waals surface area contributed by atoms with Crippen molar-refractivity contribution in [2.75, 3.05) is 18.1 Å². The average molecular weight is 403 g/mol. The first kappa shape index (κ1) is 17.6. The van der Waals surface area contributed by atoms with E-state index in [0.29, 0.717) is 16.0 Å². The highest BCUT2D eigenvalue weighted by Gasteiger charge is 2.15. The molecule has 0 aromatic heterocycles. The summed E-state index contributed by atoms with van der Waals surface area (Å²) in [5, 5.41) is 2.58. The third kappa shape index (κ3) is 5.51. The van der Waals surface area contributed by atoms with Crippen molar-refractivity contribution < 1.29 is 17.4 Å². The summed E-state index contributed by atoms with van der Waals surface area (Å²) in [7, 11) is 0.382. The predicted molar refractivity (Wildman–Crippen MR) is 83.1 cm³/mol. The minimum Gasteiger partial charge on any atom is -0.351 e. The van der Waals surface area contributed by atoms with E-state index in [2.05, 4.69) is 21.2 Å². The van der Waals surface area contributed by atoms with Crippen LogP contribution in [0, 0.1) is 0 Å². The molecule has 1 N–H and O–H groups in total. The maximum absolute atomic E-state index is 11.9. The van der Waals surface area contributed by atoms with E-state index in [1.54, 1.807) is 6.92 Å². The number of hydrogen-bond acceptors (Lipinski definition) is 4. The summed E-state index contributed by atoms with van der Waals surface area (Å²) in [6.45, 7) is 2.05. The largest absolute Gasteiger partial charge is 0.351 e. The van der Waals surface area contributed by atoms with E-state index in [0.717, 1.165) is 0 Å². The van der Waals surface area contributed by atoms with E-state index in [-0.39, 0.29) is 17.0 Å². The Morgan fingerprint density at radius 2 is 2.05 bits per heavy atom. The van der Waals surface area contributed by atoms with E-state index in [9.17, 15) is 17.4 Å². The second kappa shape index (κ2) is 7.53. The summed E-state index contributed by atoms with van der Waals surface area (Å²) in [6.07, 6.45) is 0. The summed E-state index contributed by atoms with van der Waals surface area (Å²) < 4.78 is 34.2. The molecule has 20 heavy (non-hydrogen) atoms. The molecule has 1 atom stereocenters. The van der Waals surface area contributed by atoms with Crippen molar-refractivity contribution in [2.24, 2.45) is 0 Å². The molecule has 0 fully saturated rings. The van der Waals surface area contributed by atoms with Gasteiger partial charge in [0.2, 0.25) is 0 Å². The Labute approximate surface area is 133 Å². The van der Waals surface area contributed by atoms with Crippen molar-refractivity contribution in [2.45, 2.75) is 11.8 Å². The summed E-state index contributed by atoms with van der Waals surface area (Å²) >= 11 is 3.12. The van der Waals surface area contributed by atoms with Crippen molar-refractivity contribution in [3.8, 4) is 0 Å². The van der Waals surface area contributed by atoms with Crippen molar-refractivity contribution in [1.29, 1.82) is 0 Å². The highest BCUT2D eigenvalue weighted by Crippen LogP contribution is 2.22. The second-order valence-electron chi connectivity index (χ2n) is 3.80.